The Morgan fingerprint density at radius 2 is 2.03 bits per heavy atom. The molecule has 0 saturated carbocycles. The number of halogens is 1. The van der Waals surface area contributed by atoms with Gasteiger partial charge in [-0.25, -0.2) is 14.6 Å². The van der Waals surface area contributed by atoms with Crippen molar-refractivity contribution in [2.24, 2.45) is 0 Å². The molecular formula is C19H19ClN6O3S. The molecule has 9 nitrogen and oxygen atoms in total. The zero-order valence-electron chi connectivity index (χ0n) is 16.3. The van der Waals surface area contributed by atoms with Crippen LogP contribution in [0, 0.1) is 6.92 Å². The third kappa shape index (κ3) is 5.33. The Morgan fingerprint density at radius 1 is 1.27 bits per heavy atom. The quantitative estimate of drug-likeness (QED) is 0.319. The van der Waals surface area contributed by atoms with Crippen LogP contribution in [0.4, 0.5) is 0 Å². The molecule has 1 N–H and O–H groups in total. The average Bonchev–Trinajstić information content (AvgIpc) is 3.17. The summed E-state index contributed by atoms with van der Waals surface area (Å²) in [6.07, 6.45) is 3.27. The number of nitrogens with zero attached hydrogens (tertiary/aromatic N) is 5. The molecule has 0 unspecified atom stereocenters. The highest BCUT2D eigenvalue weighted by atomic mass is 35.5. The van der Waals surface area contributed by atoms with Gasteiger partial charge < -0.3 is 10.1 Å². The lowest BCUT2D eigenvalue weighted by Gasteiger charge is -2.09. The summed E-state index contributed by atoms with van der Waals surface area (Å²) < 4.78 is 6.37. The second-order valence-electron chi connectivity index (χ2n) is 6.04. The predicted octanol–water partition coefficient (Wildman–Crippen LogP) is 2.60. The number of hydrogen-bond donors (Lipinski definition) is 1. The number of thioether (sulfide) groups is 1. The number of carbonyl (C=O) groups excluding carboxylic acids is 2. The molecule has 1 aromatic carbocycles. The fraction of sp³-hybridized carbons (Fsp3) is 0.263. The van der Waals surface area contributed by atoms with Crippen molar-refractivity contribution in [2.45, 2.75) is 24.8 Å². The van der Waals surface area contributed by atoms with Crippen LogP contribution in [-0.2, 0) is 15.3 Å². The highest BCUT2D eigenvalue weighted by Crippen LogP contribution is 2.25. The monoisotopic (exact) mass is 446 g/mol. The van der Waals surface area contributed by atoms with Gasteiger partial charge in [-0.3, -0.25) is 9.59 Å². The summed E-state index contributed by atoms with van der Waals surface area (Å²) >= 11 is 7.59. The first-order valence-electron chi connectivity index (χ1n) is 9.04. The van der Waals surface area contributed by atoms with Gasteiger partial charge in [-0.1, -0.05) is 34.6 Å². The molecule has 0 aliphatic carbocycles. The van der Waals surface area contributed by atoms with Crippen LogP contribution in [-0.4, -0.2) is 50.0 Å². The zero-order valence-corrected chi connectivity index (χ0v) is 17.9. The maximum absolute atomic E-state index is 12.6. The van der Waals surface area contributed by atoms with Crippen LogP contribution < -0.4 is 5.32 Å². The second-order valence-corrected chi connectivity index (χ2v) is 7.39. The molecule has 0 saturated heterocycles. The van der Waals surface area contributed by atoms with Crippen LogP contribution >= 0.6 is 23.4 Å². The summed E-state index contributed by atoms with van der Waals surface area (Å²) in [7, 11) is 0. The van der Waals surface area contributed by atoms with Gasteiger partial charge in [0.1, 0.15) is 6.54 Å². The largest absolute Gasteiger partial charge is 0.465 e. The summed E-state index contributed by atoms with van der Waals surface area (Å²) in [5.41, 5.74) is 2.20. The molecule has 2 heterocycles. The molecule has 0 aliphatic rings. The van der Waals surface area contributed by atoms with Crippen LogP contribution in [0.1, 0.15) is 28.7 Å². The number of amides is 1. The first kappa shape index (κ1) is 21.7. The number of ether oxygens (including phenoxy) is 1. The molecule has 1 amide bonds. The standard InChI is InChI=1S/C19H19ClN6O3S/c1-3-29-16(27)10-23-18(28)17-15(11-30-19-21-7-4-8-22-19)26(25-24-17)13-6-5-12(2)14(20)9-13/h4-9H,3,10-11H2,1-2H3,(H,23,28). The molecule has 3 aromatic rings. The number of nitrogens with one attached hydrogen (secondary N) is 1. The van der Waals surface area contributed by atoms with Crippen molar-refractivity contribution in [2.75, 3.05) is 13.2 Å². The van der Waals surface area contributed by atoms with E-state index in [0.29, 0.717) is 27.3 Å². The van der Waals surface area contributed by atoms with Crippen molar-refractivity contribution in [1.29, 1.82) is 0 Å². The van der Waals surface area contributed by atoms with Gasteiger partial charge in [0.2, 0.25) is 0 Å². The van der Waals surface area contributed by atoms with E-state index in [9.17, 15) is 9.59 Å². The van der Waals surface area contributed by atoms with Crippen LogP contribution in [0.2, 0.25) is 5.02 Å². The molecule has 0 spiro atoms. The minimum atomic E-state index is -0.530. The number of esters is 1. The molecule has 2 aromatic heterocycles. The minimum Gasteiger partial charge on any atom is -0.465 e. The SMILES string of the molecule is CCOC(=O)CNC(=O)c1nnn(-c2ccc(C)c(Cl)c2)c1CSc1ncccn1. The van der Waals surface area contributed by atoms with Crippen molar-refractivity contribution >= 4 is 35.2 Å². The Balaban J connectivity index is 1.89. The van der Waals surface area contributed by atoms with Crippen LogP contribution in [0.25, 0.3) is 5.69 Å². The first-order chi connectivity index (χ1) is 14.5. The maximum atomic E-state index is 12.6. The van der Waals surface area contributed by atoms with Gasteiger partial charge in [0.25, 0.3) is 5.91 Å². The molecular weight excluding hydrogens is 428 g/mol. The third-order valence-corrected chi connectivity index (χ3v) is 5.25. The normalized spacial score (nSPS) is 10.6. The zero-order chi connectivity index (χ0) is 21.5. The van der Waals surface area contributed by atoms with Crippen molar-refractivity contribution in [3.05, 3.63) is 58.6 Å². The highest BCUT2D eigenvalue weighted by Gasteiger charge is 2.22. The fourth-order valence-corrected chi connectivity index (χ4v) is 3.44. The molecule has 11 heteroatoms. The van der Waals surface area contributed by atoms with Crippen LogP contribution in [0.5, 0.6) is 0 Å². The number of rotatable bonds is 8. The molecule has 0 atom stereocenters. The molecule has 0 fully saturated rings. The molecule has 0 radical (unpaired) electrons. The molecule has 156 valence electrons. The van der Waals surface area contributed by atoms with Gasteiger partial charge in [-0.2, -0.15) is 0 Å². The average molecular weight is 447 g/mol. The van der Waals surface area contributed by atoms with E-state index in [0.717, 1.165) is 5.56 Å². The Bertz CT molecular complexity index is 1040. The summed E-state index contributed by atoms with van der Waals surface area (Å²) in [5, 5.41) is 11.8. The Hall–Kier alpha value is -2.98. The van der Waals surface area contributed by atoms with E-state index < -0.39 is 11.9 Å². The Kier molecular flexibility index (Phi) is 7.36. The van der Waals surface area contributed by atoms with E-state index in [1.165, 1.54) is 11.8 Å². The lowest BCUT2D eigenvalue weighted by molar-refractivity contribution is -0.141. The first-order valence-corrected chi connectivity index (χ1v) is 10.4. The van der Waals surface area contributed by atoms with Crippen molar-refractivity contribution < 1.29 is 14.3 Å². The number of benzene rings is 1. The Labute approximate surface area is 182 Å². The third-order valence-electron chi connectivity index (χ3n) is 3.96. The van der Waals surface area contributed by atoms with E-state index in [-0.39, 0.29) is 18.8 Å². The van der Waals surface area contributed by atoms with Gasteiger partial charge in [0.05, 0.1) is 18.0 Å². The smallest absolute Gasteiger partial charge is 0.325 e. The van der Waals surface area contributed by atoms with Crippen LogP contribution in [0.15, 0.2) is 41.8 Å². The van der Waals surface area contributed by atoms with Gasteiger partial charge >= 0.3 is 5.97 Å². The lowest BCUT2D eigenvalue weighted by atomic mass is 10.2. The van der Waals surface area contributed by atoms with Crippen LogP contribution in [0.3, 0.4) is 0 Å². The van der Waals surface area contributed by atoms with E-state index in [2.05, 4.69) is 25.6 Å². The molecule has 0 bridgehead atoms. The van der Waals surface area contributed by atoms with Gasteiger partial charge in [0, 0.05) is 23.2 Å². The fourth-order valence-electron chi connectivity index (χ4n) is 2.47. The summed E-state index contributed by atoms with van der Waals surface area (Å²) in [6.45, 7) is 3.56. The maximum Gasteiger partial charge on any atom is 0.325 e. The van der Waals surface area contributed by atoms with Crippen molar-refractivity contribution in [3.8, 4) is 5.69 Å². The molecule has 0 aliphatic heterocycles. The predicted molar refractivity (Wildman–Crippen MR) is 112 cm³/mol. The second kappa shape index (κ2) is 10.2. The minimum absolute atomic E-state index is 0.0967. The number of aromatic nitrogens is 5. The van der Waals surface area contributed by atoms with Gasteiger partial charge in [0.15, 0.2) is 10.9 Å². The Morgan fingerprint density at radius 3 is 2.73 bits per heavy atom. The van der Waals surface area contributed by atoms with E-state index >= 15 is 0 Å². The van der Waals surface area contributed by atoms with E-state index in [1.54, 1.807) is 36.1 Å². The van der Waals surface area contributed by atoms with E-state index in [1.807, 2.05) is 19.1 Å². The lowest BCUT2D eigenvalue weighted by Crippen LogP contribution is -2.31. The van der Waals surface area contributed by atoms with Crippen molar-refractivity contribution in [3.63, 3.8) is 0 Å². The summed E-state index contributed by atoms with van der Waals surface area (Å²) in [6, 6.07) is 7.16. The van der Waals surface area contributed by atoms with Gasteiger partial charge in [-0.05, 0) is 37.6 Å². The van der Waals surface area contributed by atoms with Crippen molar-refractivity contribution in [1.82, 2.24) is 30.3 Å². The van der Waals surface area contributed by atoms with Gasteiger partial charge in [-0.15, -0.1) is 5.10 Å². The summed E-state index contributed by atoms with van der Waals surface area (Å²) in [5.74, 6) is -0.737. The summed E-state index contributed by atoms with van der Waals surface area (Å²) in [4.78, 5) is 32.6. The number of aryl methyl sites for hydroxylation is 1. The topological polar surface area (TPSA) is 112 Å². The molecule has 3 rings (SSSR count). The molecule has 30 heavy (non-hydrogen) atoms. The number of carbonyl (C=O) groups is 2. The number of hydrogen-bond acceptors (Lipinski definition) is 8. The van der Waals surface area contributed by atoms with E-state index in [4.69, 9.17) is 16.3 Å². The highest BCUT2D eigenvalue weighted by molar-refractivity contribution is 7.98.